The van der Waals surface area contributed by atoms with Gasteiger partial charge in [-0.25, -0.2) is 21.6 Å². The minimum Gasteiger partial charge on any atom is -0.329 e. The number of sulfonamides is 1. The summed E-state index contributed by atoms with van der Waals surface area (Å²) in [5.41, 5.74) is 5.41. The molecule has 1 aliphatic rings. The fourth-order valence-corrected chi connectivity index (χ4v) is 4.66. The highest BCUT2D eigenvalue weighted by molar-refractivity contribution is 8.06. The lowest BCUT2D eigenvalue weighted by Gasteiger charge is -2.15. The van der Waals surface area contributed by atoms with Crippen molar-refractivity contribution in [1.82, 2.24) is 4.72 Å². The predicted octanol–water partition coefficient (Wildman–Crippen LogP) is -1.35. The SMILES string of the molecule is CS(=O)(=O)CS(=O)(=O)NC(CN)C1CC1. The molecule has 90 valence electrons. The fourth-order valence-electron chi connectivity index (χ4n) is 1.38. The van der Waals surface area contributed by atoms with Crippen molar-refractivity contribution in [2.75, 3.05) is 17.9 Å². The number of hydrogen-bond donors (Lipinski definition) is 2. The van der Waals surface area contributed by atoms with Crippen molar-refractivity contribution >= 4 is 19.9 Å². The highest BCUT2D eigenvalue weighted by Crippen LogP contribution is 2.32. The van der Waals surface area contributed by atoms with Gasteiger partial charge in [0.1, 0.15) is 0 Å². The van der Waals surface area contributed by atoms with E-state index in [2.05, 4.69) is 4.72 Å². The van der Waals surface area contributed by atoms with Crippen molar-refractivity contribution in [3.63, 3.8) is 0 Å². The molecule has 0 aromatic carbocycles. The molecule has 0 saturated heterocycles. The summed E-state index contributed by atoms with van der Waals surface area (Å²) in [5, 5.41) is -0.872. The van der Waals surface area contributed by atoms with E-state index in [1.54, 1.807) is 0 Å². The quantitative estimate of drug-likeness (QED) is 0.611. The lowest BCUT2D eigenvalue weighted by Crippen LogP contribution is -2.43. The predicted molar refractivity (Wildman–Crippen MR) is 57.3 cm³/mol. The van der Waals surface area contributed by atoms with Gasteiger partial charge in [-0.3, -0.25) is 0 Å². The molecular weight excluding hydrogens is 240 g/mol. The molecule has 0 heterocycles. The standard InChI is InChI=1S/C7H16N2O4S2/c1-14(10,11)5-15(12,13)9-7(4-8)6-2-3-6/h6-7,9H,2-5,8H2,1H3. The van der Waals surface area contributed by atoms with Crippen LogP contribution in [0, 0.1) is 5.92 Å². The van der Waals surface area contributed by atoms with Crippen LogP contribution in [0.15, 0.2) is 0 Å². The summed E-state index contributed by atoms with van der Waals surface area (Å²) in [5.74, 6) is 0.268. The summed E-state index contributed by atoms with van der Waals surface area (Å²) in [6, 6.07) is -0.322. The molecule has 8 heteroatoms. The molecule has 0 spiro atoms. The summed E-state index contributed by atoms with van der Waals surface area (Å²) in [6.07, 6.45) is 2.79. The minimum atomic E-state index is -3.77. The van der Waals surface area contributed by atoms with Gasteiger partial charge in [-0.15, -0.1) is 0 Å². The number of hydrogen-bond acceptors (Lipinski definition) is 5. The van der Waals surface area contributed by atoms with Crippen LogP contribution in [0.3, 0.4) is 0 Å². The monoisotopic (exact) mass is 256 g/mol. The van der Waals surface area contributed by atoms with Crippen LogP contribution in [-0.4, -0.2) is 40.8 Å². The van der Waals surface area contributed by atoms with Crippen molar-refractivity contribution in [2.45, 2.75) is 18.9 Å². The van der Waals surface area contributed by atoms with Crippen LogP contribution in [0.2, 0.25) is 0 Å². The molecule has 1 rings (SSSR count). The van der Waals surface area contributed by atoms with Crippen molar-refractivity contribution in [2.24, 2.45) is 11.7 Å². The van der Waals surface area contributed by atoms with Gasteiger partial charge in [0.25, 0.3) is 0 Å². The Morgan fingerprint density at radius 1 is 1.33 bits per heavy atom. The van der Waals surface area contributed by atoms with E-state index in [-0.39, 0.29) is 18.5 Å². The third kappa shape index (κ3) is 4.92. The van der Waals surface area contributed by atoms with Gasteiger partial charge in [-0.05, 0) is 18.8 Å². The Bertz CT molecular complexity index is 410. The van der Waals surface area contributed by atoms with E-state index in [4.69, 9.17) is 5.73 Å². The van der Waals surface area contributed by atoms with Gasteiger partial charge in [0, 0.05) is 18.8 Å². The second-order valence-electron chi connectivity index (χ2n) is 3.96. The van der Waals surface area contributed by atoms with Crippen molar-refractivity contribution in [3.05, 3.63) is 0 Å². The molecule has 1 fully saturated rings. The lowest BCUT2D eigenvalue weighted by molar-refractivity contribution is 0.521. The third-order valence-corrected chi connectivity index (χ3v) is 5.76. The maximum Gasteiger partial charge on any atom is 0.226 e. The molecule has 15 heavy (non-hydrogen) atoms. The van der Waals surface area contributed by atoms with Crippen LogP contribution in [0.5, 0.6) is 0 Å². The molecule has 1 atom stereocenters. The summed E-state index contributed by atoms with van der Waals surface area (Å²) < 4.78 is 46.8. The summed E-state index contributed by atoms with van der Waals surface area (Å²) >= 11 is 0. The molecule has 1 saturated carbocycles. The van der Waals surface area contributed by atoms with Crippen LogP contribution >= 0.6 is 0 Å². The molecule has 0 aromatic rings. The van der Waals surface area contributed by atoms with Crippen LogP contribution < -0.4 is 10.5 Å². The summed E-state index contributed by atoms with van der Waals surface area (Å²) in [7, 11) is -7.31. The van der Waals surface area contributed by atoms with Crippen molar-refractivity contribution in [1.29, 1.82) is 0 Å². The molecule has 0 bridgehead atoms. The van der Waals surface area contributed by atoms with E-state index in [9.17, 15) is 16.8 Å². The number of rotatable bonds is 6. The fraction of sp³-hybridized carbons (Fsp3) is 1.00. The molecule has 0 radical (unpaired) electrons. The summed E-state index contributed by atoms with van der Waals surface area (Å²) in [4.78, 5) is 0. The van der Waals surface area contributed by atoms with Gasteiger partial charge >= 0.3 is 0 Å². The molecule has 1 aliphatic carbocycles. The zero-order chi connectivity index (χ0) is 11.7. The van der Waals surface area contributed by atoms with Gasteiger partial charge in [-0.1, -0.05) is 0 Å². The van der Waals surface area contributed by atoms with Crippen molar-refractivity contribution in [3.8, 4) is 0 Å². The first-order valence-corrected chi connectivity index (χ1v) is 8.32. The van der Waals surface area contributed by atoms with Crippen LogP contribution in [0.1, 0.15) is 12.8 Å². The topological polar surface area (TPSA) is 106 Å². The normalized spacial score (nSPS) is 20.1. The minimum absolute atomic E-state index is 0.202. The zero-order valence-corrected chi connectivity index (χ0v) is 10.1. The summed E-state index contributed by atoms with van der Waals surface area (Å²) in [6.45, 7) is 0.202. The number of nitrogens with one attached hydrogen (secondary N) is 1. The average molecular weight is 256 g/mol. The Morgan fingerprint density at radius 2 is 1.87 bits per heavy atom. The largest absolute Gasteiger partial charge is 0.329 e. The molecule has 0 aromatic heterocycles. The van der Waals surface area contributed by atoms with Crippen LogP contribution in [0.25, 0.3) is 0 Å². The third-order valence-electron chi connectivity index (χ3n) is 2.15. The zero-order valence-electron chi connectivity index (χ0n) is 8.51. The van der Waals surface area contributed by atoms with E-state index >= 15 is 0 Å². The molecular formula is C7H16N2O4S2. The van der Waals surface area contributed by atoms with E-state index in [0.29, 0.717) is 0 Å². The second kappa shape index (κ2) is 4.36. The Hall–Kier alpha value is -0.180. The van der Waals surface area contributed by atoms with E-state index in [0.717, 1.165) is 19.1 Å². The molecule has 1 unspecified atom stereocenters. The number of sulfone groups is 1. The first kappa shape index (κ1) is 12.9. The first-order valence-electron chi connectivity index (χ1n) is 4.61. The van der Waals surface area contributed by atoms with Crippen LogP contribution in [-0.2, 0) is 19.9 Å². The Kier molecular flexibility index (Phi) is 3.75. The molecule has 0 amide bonds. The highest BCUT2D eigenvalue weighted by Gasteiger charge is 2.33. The Labute approximate surface area is 90.2 Å². The van der Waals surface area contributed by atoms with Crippen molar-refractivity contribution < 1.29 is 16.8 Å². The molecule has 0 aliphatic heterocycles. The maximum atomic E-state index is 11.4. The van der Waals surface area contributed by atoms with Gasteiger partial charge in [0.15, 0.2) is 14.9 Å². The van der Waals surface area contributed by atoms with Gasteiger partial charge in [0.05, 0.1) is 0 Å². The highest BCUT2D eigenvalue weighted by atomic mass is 32.3. The van der Waals surface area contributed by atoms with Gasteiger partial charge in [0.2, 0.25) is 10.0 Å². The smallest absolute Gasteiger partial charge is 0.226 e. The number of nitrogens with two attached hydrogens (primary N) is 1. The van der Waals surface area contributed by atoms with E-state index < -0.39 is 24.9 Å². The second-order valence-corrected chi connectivity index (χ2v) is 8.22. The molecule has 3 N–H and O–H groups in total. The molecule has 6 nitrogen and oxygen atoms in total. The van der Waals surface area contributed by atoms with Gasteiger partial charge < -0.3 is 5.73 Å². The van der Waals surface area contributed by atoms with Crippen LogP contribution in [0.4, 0.5) is 0 Å². The Balaban J connectivity index is 2.62. The Morgan fingerprint density at radius 3 is 2.20 bits per heavy atom. The van der Waals surface area contributed by atoms with E-state index in [1.165, 1.54) is 0 Å². The average Bonchev–Trinajstić information content (AvgIpc) is 2.77. The maximum absolute atomic E-state index is 11.4. The first-order chi connectivity index (χ1) is 6.73. The van der Waals surface area contributed by atoms with E-state index in [1.807, 2.05) is 0 Å². The van der Waals surface area contributed by atoms with Gasteiger partial charge in [-0.2, -0.15) is 0 Å². The lowest BCUT2D eigenvalue weighted by atomic mass is 10.2.